The fourth-order valence-electron chi connectivity index (χ4n) is 2.96. The van der Waals surface area contributed by atoms with Gasteiger partial charge in [-0.25, -0.2) is 4.79 Å². The Kier molecular flexibility index (Phi) is 4.56. The van der Waals surface area contributed by atoms with Crippen molar-refractivity contribution >= 4 is 21.6 Å². The van der Waals surface area contributed by atoms with Crippen molar-refractivity contribution in [2.75, 3.05) is 0 Å². The number of hydrogen-bond acceptors (Lipinski definition) is 4. The first-order valence-corrected chi connectivity index (χ1v) is 9.13. The molecule has 0 amide bonds. The number of aromatic nitrogens is 2. The molecule has 5 nitrogen and oxygen atoms in total. The van der Waals surface area contributed by atoms with Crippen LogP contribution in [0.4, 0.5) is 0 Å². The van der Waals surface area contributed by atoms with E-state index < -0.39 is 0 Å². The van der Waals surface area contributed by atoms with Crippen molar-refractivity contribution in [2.24, 2.45) is 13.0 Å². The largest absolute Gasteiger partial charge is 0.508 e. The van der Waals surface area contributed by atoms with E-state index in [4.69, 9.17) is 0 Å². The summed E-state index contributed by atoms with van der Waals surface area (Å²) in [5.74, 6) is 0.607. The van der Waals surface area contributed by atoms with Crippen LogP contribution >= 0.6 is 11.3 Å². The van der Waals surface area contributed by atoms with Crippen LogP contribution in [-0.4, -0.2) is 14.2 Å². The van der Waals surface area contributed by atoms with E-state index in [2.05, 4.69) is 20.8 Å². The van der Waals surface area contributed by atoms with Crippen LogP contribution in [-0.2, 0) is 13.6 Å². The lowest BCUT2D eigenvalue weighted by Gasteiger charge is -2.11. The monoisotopic (exact) mass is 358 g/mol. The average molecular weight is 358 g/mol. The minimum absolute atomic E-state index is 0.0744. The van der Waals surface area contributed by atoms with Crippen molar-refractivity contribution in [3.05, 3.63) is 61.6 Å². The molecule has 0 saturated carbocycles. The standard InChI is InChI=1S/C19H22N2O3S/c1-11(2)10-21-18-15(17(23)20(4)19(21)24)9-16(25-18)12(3)13-5-7-14(22)8-6-13/h5-9,11-12,22H,10H2,1-4H3. The van der Waals surface area contributed by atoms with Crippen LogP contribution in [0.5, 0.6) is 5.75 Å². The van der Waals surface area contributed by atoms with E-state index in [9.17, 15) is 14.7 Å². The lowest BCUT2D eigenvalue weighted by Crippen LogP contribution is -2.38. The number of phenols is 1. The van der Waals surface area contributed by atoms with Crippen molar-refractivity contribution < 1.29 is 5.11 Å². The fourth-order valence-corrected chi connectivity index (χ4v) is 4.19. The van der Waals surface area contributed by atoms with Crippen molar-refractivity contribution in [3.8, 4) is 5.75 Å². The Morgan fingerprint density at radius 1 is 1.12 bits per heavy atom. The molecule has 2 heterocycles. The van der Waals surface area contributed by atoms with Gasteiger partial charge in [-0.3, -0.25) is 13.9 Å². The summed E-state index contributed by atoms with van der Waals surface area (Å²) >= 11 is 1.50. The molecule has 1 atom stereocenters. The zero-order chi connectivity index (χ0) is 18.3. The van der Waals surface area contributed by atoms with Gasteiger partial charge in [-0.2, -0.15) is 0 Å². The molecule has 0 aliphatic rings. The molecule has 132 valence electrons. The molecule has 1 aromatic carbocycles. The van der Waals surface area contributed by atoms with Gasteiger partial charge in [0, 0.05) is 24.4 Å². The molecule has 0 radical (unpaired) electrons. The highest BCUT2D eigenvalue weighted by molar-refractivity contribution is 7.18. The van der Waals surface area contributed by atoms with Crippen LogP contribution in [0.25, 0.3) is 10.2 Å². The number of nitrogens with zero attached hydrogens (tertiary/aromatic N) is 2. The Bertz CT molecular complexity index is 1030. The smallest absolute Gasteiger partial charge is 0.331 e. The summed E-state index contributed by atoms with van der Waals surface area (Å²) in [7, 11) is 1.53. The van der Waals surface area contributed by atoms with Gasteiger partial charge in [-0.05, 0) is 29.7 Å². The second kappa shape index (κ2) is 6.52. The quantitative estimate of drug-likeness (QED) is 0.778. The Labute approximate surface area is 149 Å². The minimum Gasteiger partial charge on any atom is -0.508 e. The highest BCUT2D eigenvalue weighted by atomic mass is 32.1. The van der Waals surface area contributed by atoms with Crippen LogP contribution < -0.4 is 11.2 Å². The Hall–Kier alpha value is -2.34. The first-order chi connectivity index (χ1) is 11.8. The maximum absolute atomic E-state index is 12.5. The lowest BCUT2D eigenvalue weighted by atomic mass is 9.99. The van der Waals surface area contributed by atoms with E-state index in [1.807, 2.05) is 18.2 Å². The topological polar surface area (TPSA) is 64.2 Å². The molecule has 3 rings (SSSR count). The number of aromatic hydroxyl groups is 1. The van der Waals surface area contributed by atoms with E-state index >= 15 is 0 Å². The van der Waals surface area contributed by atoms with Crippen LogP contribution in [0.1, 0.15) is 37.1 Å². The minimum atomic E-state index is -0.267. The Balaban J connectivity index is 2.19. The highest BCUT2D eigenvalue weighted by Crippen LogP contribution is 2.33. The molecule has 0 bridgehead atoms. The molecule has 0 saturated heterocycles. The summed E-state index contributed by atoms with van der Waals surface area (Å²) in [5.41, 5.74) is 0.538. The molecule has 3 aromatic rings. The highest BCUT2D eigenvalue weighted by Gasteiger charge is 2.18. The van der Waals surface area contributed by atoms with Gasteiger partial charge < -0.3 is 5.11 Å². The molecule has 25 heavy (non-hydrogen) atoms. The van der Waals surface area contributed by atoms with Gasteiger partial charge in [-0.15, -0.1) is 11.3 Å². The maximum Gasteiger partial charge on any atom is 0.331 e. The summed E-state index contributed by atoms with van der Waals surface area (Å²) < 4.78 is 2.89. The second-order valence-electron chi connectivity index (χ2n) is 6.83. The maximum atomic E-state index is 12.5. The predicted molar refractivity (Wildman–Crippen MR) is 102 cm³/mol. The van der Waals surface area contributed by atoms with Gasteiger partial charge in [-0.1, -0.05) is 32.9 Å². The molecule has 1 N–H and O–H groups in total. The van der Waals surface area contributed by atoms with Crippen molar-refractivity contribution in [3.63, 3.8) is 0 Å². The van der Waals surface area contributed by atoms with Crippen molar-refractivity contribution in [2.45, 2.75) is 33.2 Å². The van der Waals surface area contributed by atoms with Crippen LogP contribution in [0.2, 0.25) is 0 Å². The number of thiophene rings is 1. The summed E-state index contributed by atoms with van der Waals surface area (Å²) in [4.78, 5) is 26.8. The first kappa shape index (κ1) is 17.5. The number of hydrogen-bond donors (Lipinski definition) is 1. The molecular weight excluding hydrogens is 336 g/mol. The van der Waals surface area contributed by atoms with E-state index in [1.54, 1.807) is 16.7 Å². The molecule has 0 aliphatic heterocycles. The van der Waals surface area contributed by atoms with Crippen molar-refractivity contribution in [1.29, 1.82) is 0 Å². The molecule has 2 aromatic heterocycles. The molecular formula is C19H22N2O3S. The van der Waals surface area contributed by atoms with E-state index in [0.717, 1.165) is 15.3 Å². The van der Waals surface area contributed by atoms with Gasteiger partial charge >= 0.3 is 5.69 Å². The summed E-state index contributed by atoms with van der Waals surface area (Å²) in [6.07, 6.45) is 0. The molecule has 0 spiro atoms. The first-order valence-electron chi connectivity index (χ1n) is 8.31. The van der Waals surface area contributed by atoms with Gasteiger partial charge in [0.05, 0.1) is 5.39 Å². The van der Waals surface area contributed by atoms with Gasteiger partial charge in [0.1, 0.15) is 10.6 Å². The predicted octanol–water partition coefficient (Wildman–Crippen LogP) is 3.28. The van der Waals surface area contributed by atoms with Gasteiger partial charge in [0.15, 0.2) is 0 Å². The van der Waals surface area contributed by atoms with Gasteiger partial charge in [0.25, 0.3) is 5.56 Å². The Morgan fingerprint density at radius 3 is 2.36 bits per heavy atom. The van der Waals surface area contributed by atoms with E-state index in [0.29, 0.717) is 17.8 Å². The number of phenolic OH excluding ortho intramolecular Hbond substituents is 1. The zero-order valence-corrected chi connectivity index (χ0v) is 15.6. The van der Waals surface area contributed by atoms with Crippen LogP contribution in [0.15, 0.2) is 39.9 Å². The lowest BCUT2D eigenvalue weighted by molar-refractivity contribution is 0.475. The van der Waals surface area contributed by atoms with E-state index in [1.165, 1.54) is 23.0 Å². The summed E-state index contributed by atoms with van der Waals surface area (Å²) in [5, 5.41) is 10.1. The number of benzene rings is 1. The van der Waals surface area contributed by atoms with E-state index in [-0.39, 0.29) is 22.9 Å². The average Bonchev–Trinajstić information content (AvgIpc) is 3.02. The Morgan fingerprint density at radius 2 is 1.76 bits per heavy atom. The molecule has 6 heteroatoms. The van der Waals surface area contributed by atoms with Gasteiger partial charge in [0.2, 0.25) is 0 Å². The third kappa shape index (κ3) is 3.14. The normalized spacial score (nSPS) is 12.8. The third-order valence-corrected chi connectivity index (χ3v) is 5.74. The van der Waals surface area contributed by atoms with Crippen molar-refractivity contribution in [1.82, 2.24) is 9.13 Å². The number of fused-ring (bicyclic) bond motifs is 1. The van der Waals surface area contributed by atoms with Crippen LogP contribution in [0.3, 0.4) is 0 Å². The summed E-state index contributed by atoms with van der Waals surface area (Å²) in [6, 6.07) is 8.98. The fraction of sp³-hybridized carbons (Fsp3) is 0.368. The molecule has 0 fully saturated rings. The molecule has 1 unspecified atom stereocenters. The van der Waals surface area contributed by atoms with Crippen LogP contribution in [0, 0.1) is 5.92 Å². The summed E-state index contributed by atoms with van der Waals surface area (Å²) in [6.45, 7) is 6.75. The second-order valence-corrected chi connectivity index (χ2v) is 7.89. The SMILES string of the molecule is CC(C)Cn1c(=O)n(C)c(=O)c2cc(C(C)c3ccc(O)cc3)sc21. The third-order valence-electron chi connectivity index (χ3n) is 4.40. The zero-order valence-electron chi connectivity index (χ0n) is 14.8. The molecule has 0 aliphatic carbocycles. The number of rotatable bonds is 4.